The van der Waals surface area contributed by atoms with Crippen molar-refractivity contribution in [1.29, 1.82) is 0 Å². The predicted molar refractivity (Wildman–Crippen MR) is 66.3 cm³/mol. The molecule has 0 aliphatic rings. The highest BCUT2D eigenvalue weighted by molar-refractivity contribution is 5.88. The molecule has 1 aromatic carbocycles. The molecule has 0 radical (unpaired) electrons. The van der Waals surface area contributed by atoms with E-state index in [1.54, 1.807) is 19.2 Å². The number of rotatable bonds is 7. The van der Waals surface area contributed by atoms with Crippen molar-refractivity contribution in [2.45, 2.75) is 19.9 Å². The quantitative estimate of drug-likeness (QED) is 0.710. The maximum atomic E-state index is 10.9. The molecule has 0 fully saturated rings. The first kappa shape index (κ1) is 13.7. The summed E-state index contributed by atoms with van der Waals surface area (Å²) in [5.41, 5.74) is 2.32. The zero-order valence-corrected chi connectivity index (χ0v) is 10.3. The number of methoxy groups -OCH3 is 1. The molecule has 4 nitrogen and oxygen atoms in total. The number of aromatic carboxylic acids is 1. The molecule has 1 rings (SSSR count). The van der Waals surface area contributed by atoms with Gasteiger partial charge in [-0.3, -0.25) is 0 Å². The smallest absolute Gasteiger partial charge is 0.335 e. The van der Waals surface area contributed by atoms with Crippen molar-refractivity contribution in [3.05, 3.63) is 34.9 Å². The lowest BCUT2D eigenvalue weighted by Gasteiger charge is -2.07. The molecule has 4 heteroatoms. The standard InChI is InChI=1S/C13H19NO3/c1-10-6-11(8-12(7-10)13(15)16)9-14-4-3-5-17-2/h6-8,14H,3-5,9H2,1-2H3,(H,15,16). The number of nitrogens with one attached hydrogen (secondary N) is 1. The predicted octanol–water partition coefficient (Wildman–Crippen LogP) is 1.82. The summed E-state index contributed by atoms with van der Waals surface area (Å²) >= 11 is 0. The van der Waals surface area contributed by atoms with Crippen molar-refractivity contribution in [3.63, 3.8) is 0 Å². The Balaban J connectivity index is 2.50. The third-order valence-corrected chi connectivity index (χ3v) is 2.42. The van der Waals surface area contributed by atoms with Gasteiger partial charge >= 0.3 is 5.97 Å². The van der Waals surface area contributed by atoms with E-state index in [9.17, 15) is 4.79 Å². The van der Waals surface area contributed by atoms with Crippen LogP contribution in [-0.2, 0) is 11.3 Å². The van der Waals surface area contributed by atoms with Gasteiger partial charge in [0.2, 0.25) is 0 Å². The summed E-state index contributed by atoms with van der Waals surface area (Å²) in [6.45, 7) is 4.19. The molecular weight excluding hydrogens is 218 g/mol. The van der Waals surface area contributed by atoms with Gasteiger partial charge < -0.3 is 15.2 Å². The van der Waals surface area contributed by atoms with Crippen LogP contribution >= 0.6 is 0 Å². The van der Waals surface area contributed by atoms with Crippen LogP contribution in [0, 0.1) is 6.92 Å². The molecule has 1 aromatic rings. The largest absolute Gasteiger partial charge is 0.478 e. The minimum absolute atomic E-state index is 0.346. The summed E-state index contributed by atoms with van der Waals surface area (Å²) in [6, 6.07) is 5.38. The molecule has 17 heavy (non-hydrogen) atoms. The van der Waals surface area contributed by atoms with Gasteiger partial charge in [0.15, 0.2) is 0 Å². The van der Waals surface area contributed by atoms with E-state index in [1.807, 2.05) is 13.0 Å². The topological polar surface area (TPSA) is 58.6 Å². The highest BCUT2D eigenvalue weighted by atomic mass is 16.5. The van der Waals surface area contributed by atoms with Crippen LogP contribution in [0.25, 0.3) is 0 Å². The molecular formula is C13H19NO3. The molecule has 0 saturated heterocycles. The summed E-state index contributed by atoms with van der Waals surface area (Å²) < 4.78 is 4.95. The first-order valence-electron chi connectivity index (χ1n) is 5.67. The van der Waals surface area contributed by atoms with Crippen LogP contribution in [0.4, 0.5) is 0 Å². The van der Waals surface area contributed by atoms with E-state index < -0.39 is 5.97 Å². The molecule has 2 N–H and O–H groups in total. The van der Waals surface area contributed by atoms with Crippen molar-refractivity contribution in [2.75, 3.05) is 20.3 Å². The van der Waals surface area contributed by atoms with E-state index in [0.717, 1.165) is 30.7 Å². The van der Waals surface area contributed by atoms with Crippen LogP contribution in [0.2, 0.25) is 0 Å². The lowest BCUT2D eigenvalue weighted by atomic mass is 10.1. The summed E-state index contributed by atoms with van der Waals surface area (Å²) in [5.74, 6) is -0.880. The van der Waals surface area contributed by atoms with Gasteiger partial charge in [-0.05, 0) is 43.1 Å². The fraction of sp³-hybridized carbons (Fsp3) is 0.462. The van der Waals surface area contributed by atoms with Gasteiger partial charge in [0.1, 0.15) is 0 Å². The van der Waals surface area contributed by atoms with Crippen molar-refractivity contribution in [1.82, 2.24) is 5.32 Å². The van der Waals surface area contributed by atoms with Gasteiger partial charge in [0.05, 0.1) is 5.56 Å². The van der Waals surface area contributed by atoms with Crippen molar-refractivity contribution in [3.8, 4) is 0 Å². The lowest BCUT2D eigenvalue weighted by Crippen LogP contribution is -2.16. The second kappa shape index (κ2) is 7.04. The minimum Gasteiger partial charge on any atom is -0.478 e. The second-order valence-corrected chi connectivity index (χ2v) is 4.04. The Kier molecular flexibility index (Phi) is 5.66. The Hall–Kier alpha value is -1.39. The Bertz CT molecular complexity index is 377. The minimum atomic E-state index is -0.880. The molecule has 0 amide bonds. The molecule has 0 bridgehead atoms. The number of hydrogen-bond acceptors (Lipinski definition) is 3. The van der Waals surface area contributed by atoms with Crippen molar-refractivity contribution >= 4 is 5.97 Å². The van der Waals surface area contributed by atoms with Crippen LogP contribution < -0.4 is 5.32 Å². The number of carbonyl (C=O) groups is 1. The second-order valence-electron chi connectivity index (χ2n) is 4.04. The maximum absolute atomic E-state index is 10.9. The summed E-state index contributed by atoms with van der Waals surface area (Å²) in [7, 11) is 1.68. The maximum Gasteiger partial charge on any atom is 0.335 e. The number of hydrogen-bond donors (Lipinski definition) is 2. The van der Waals surface area contributed by atoms with Crippen LogP contribution in [0.5, 0.6) is 0 Å². The van der Waals surface area contributed by atoms with E-state index in [-0.39, 0.29) is 0 Å². The zero-order chi connectivity index (χ0) is 12.7. The molecule has 0 aliphatic heterocycles. The summed E-state index contributed by atoms with van der Waals surface area (Å²) in [6.07, 6.45) is 0.952. The SMILES string of the molecule is COCCCNCc1cc(C)cc(C(=O)O)c1. The van der Waals surface area contributed by atoms with Crippen LogP contribution in [0.3, 0.4) is 0 Å². The number of aryl methyl sites for hydroxylation is 1. The van der Waals surface area contributed by atoms with Crippen LogP contribution in [0.1, 0.15) is 27.9 Å². The molecule has 94 valence electrons. The normalized spacial score (nSPS) is 10.5. The van der Waals surface area contributed by atoms with Crippen molar-refractivity contribution in [2.24, 2.45) is 0 Å². The van der Waals surface area contributed by atoms with E-state index in [2.05, 4.69) is 5.32 Å². The van der Waals surface area contributed by atoms with E-state index in [0.29, 0.717) is 12.1 Å². The fourth-order valence-corrected chi connectivity index (χ4v) is 1.66. The monoisotopic (exact) mass is 237 g/mol. The van der Waals surface area contributed by atoms with Crippen LogP contribution in [0.15, 0.2) is 18.2 Å². The molecule has 0 spiro atoms. The lowest BCUT2D eigenvalue weighted by molar-refractivity contribution is 0.0696. The number of carboxylic acids is 1. The van der Waals surface area contributed by atoms with Gasteiger partial charge in [-0.25, -0.2) is 4.79 Å². The first-order chi connectivity index (χ1) is 8.13. The van der Waals surface area contributed by atoms with Gasteiger partial charge in [-0.2, -0.15) is 0 Å². The molecule has 0 atom stereocenters. The summed E-state index contributed by atoms with van der Waals surface area (Å²) in [5, 5.41) is 12.2. The van der Waals surface area contributed by atoms with Gasteiger partial charge in [-0.1, -0.05) is 6.07 Å². The molecule has 0 aliphatic carbocycles. The Morgan fingerprint density at radius 3 is 2.82 bits per heavy atom. The molecule has 0 unspecified atom stereocenters. The highest BCUT2D eigenvalue weighted by Crippen LogP contribution is 2.09. The van der Waals surface area contributed by atoms with E-state index in [4.69, 9.17) is 9.84 Å². The first-order valence-corrected chi connectivity index (χ1v) is 5.67. The molecule has 0 heterocycles. The molecule has 0 aromatic heterocycles. The Morgan fingerprint density at radius 2 is 2.18 bits per heavy atom. The third kappa shape index (κ3) is 4.97. The Morgan fingerprint density at radius 1 is 1.41 bits per heavy atom. The van der Waals surface area contributed by atoms with E-state index in [1.165, 1.54) is 0 Å². The van der Waals surface area contributed by atoms with Gasteiger partial charge in [-0.15, -0.1) is 0 Å². The number of ether oxygens (including phenoxy) is 1. The number of benzene rings is 1. The van der Waals surface area contributed by atoms with E-state index >= 15 is 0 Å². The number of carboxylic acid groups (broad SMARTS) is 1. The average Bonchev–Trinajstić information content (AvgIpc) is 2.28. The molecule has 0 saturated carbocycles. The fourth-order valence-electron chi connectivity index (χ4n) is 1.66. The Labute approximate surface area is 102 Å². The van der Waals surface area contributed by atoms with Crippen LogP contribution in [-0.4, -0.2) is 31.3 Å². The van der Waals surface area contributed by atoms with Gasteiger partial charge in [0.25, 0.3) is 0 Å². The highest BCUT2D eigenvalue weighted by Gasteiger charge is 2.04. The summed E-state index contributed by atoms with van der Waals surface area (Å²) in [4.78, 5) is 10.9. The zero-order valence-electron chi connectivity index (χ0n) is 10.3. The average molecular weight is 237 g/mol. The third-order valence-electron chi connectivity index (χ3n) is 2.42. The van der Waals surface area contributed by atoms with Crippen molar-refractivity contribution < 1.29 is 14.6 Å². The van der Waals surface area contributed by atoms with Gasteiger partial charge in [0, 0.05) is 20.3 Å².